The Hall–Kier alpha value is -3.55. The van der Waals surface area contributed by atoms with Gasteiger partial charge in [-0.25, -0.2) is 9.97 Å². The number of halogens is 3. The minimum atomic E-state index is -4.43. The van der Waals surface area contributed by atoms with Crippen molar-refractivity contribution in [3.05, 3.63) is 66.5 Å². The number of methoxy groups -OCH3 is 1. The molecule has 0 atom stereocenters. The van der Waals surface area contributed by atoms with Crippen LogP contribution < -0.4 is 9.64 Å². The molecule has 0 bridgehead atoms. The summed E-state index contributed by atoms with van der Waals surface area (Å²) in [6, 6.07) is 13.0. The molecule has 0 N–H and O–H groups in total. The van der Waals surface area contributed by atoms with E-state index >= 15 is 0 Å². The highest BCUT2D eigenvalue weighted by Gasteiger charge is 2.30. The van der Waals surface area contributed by atoms with Gasteiger partial charge in [-0.15, -0.1) is 0 Å². The zero-order valence-corrected chi connectivity index (χ0v) is 16.6. The first-order valence-corrected chi connectivity index (χ1v) is 9.15. The molecule has 0 spiro atoms. The normalized spacial score (nSPS) is 11.7. The second-order valence-corrected chi connectivity index (χ2v) is 6.99. The van der Waals surface area contributed by atoms with E-state index in [1.807, 2.05) is 43.3 Å². The molecule has 5 nitrogen and oxygen atoms in total. The highest BCUT2D eigenvalue weighted by molar-refractivity contribution is 5.71. The topological polar surface area (TPSA) is 42.7 Å². The molecule has 0 saturated carbocycles. The van der Waals surface area contributed by atoms with Crippen LogP contribution >= 0.6 is 0 Å². The zero-order valence-electron chi connectivity index (χ0n) is 16.6. The molecular formula is C22H19F3N4O. The van der Waals surface area contributed by atoms with Crippen molar-refractivity contribution in [1.82, 2.24) is 14.4 Å². The van der Waals surface area contributed by atoms with Crippen LogP contribution in [-0.4, -0.2) is 35.6 Å². The Morgan fingerprint density at radius 2 is 1.73 bits per heavy atom. The molecule has 2 heterocycles. The molecule has 154 valence electrons. The third kappa shape index (κ3) is 3.56. The summed E-state index contributed by atoms with van der Waals surface area (Å²) in [5, 5.41) is 0. The molecule has 8 heteroatoms. The first kappa shape index (κ1) is 19.8. The number of aromatic nitrogens is 3. The van der Waals surface area contributed by atoms with Gasteiger partial charge in [0.25, 0.3) is 5.88 Å². The van der Waals surface area contributed by atoms with E-state index in [2.05, 4.69) is 9.97 Å². The van der Waals surface area contributed by atoms with E-state index < -0.39 is 11.7 Å². The van der Waals surface area contributed by atoms with Crippen LogP contribution in [0.3, 0.4) is 0 Å². The fraction of sp³-hybridized carbons (Fsp3) is 0.182. The number of imidazole rings is 1. The average molecular weight is 412 g/mol. The number of hydrogen-bond donors (Lipinski definition) is 0. The highest BCUT2D eigenvalue weighted by Crippen LogP contribution is 2.33. The molecule has 4 rings (SSSR count). The first-order valence-electron chi connectivity index (χ1n) is 9.15. The van der Waals surface area contributed by atoms with Crippen molar-refractivity contribution >= 4 is 11.3 Å². The van der Waals surface area contributed by atoms with Gasteiger partial charge < -0.3 is 9.64 Å². The van der Waals surface area contributed by atoms with Gasteiger partial charge >= 0.3 is 6.18 Å². The molecule has 0 aliphatic heterocycles. The number of anilines is 1. The predicted molar refractivity (Wildman–Crippen MR) is 110 cm³/mol. The van der Waals surface area contributed by atoms with Gasteiger partial charge in [-0.05, 0) is 24.3 Å². The maximum atomic E-state index is 13.1. The van der Waals surface area contributed by atoms with Gasteiger partial charge in [0.15, 0.2) is 0 Å². The quantitative estimate of drug-likeness (QED) is 0.465. The summed E-state index contributed by atoms with van der Waals surface area (Å²) >= 11 is 0. The molecule has 0 amide bonds. The Balaban J connectivity index is 1.87. The molecule has 0 saturated heterocycles. The molecule has 4 aromatic rings. The Bertz CT molecular complexity index is 1200. The fourth-order valence-corrected chi connectivity index (χ4v) is 3.24. The van der Waals surface area contributed by atoms with Crippen molar-refractivity contribution in [2.24, 2.45) is 0 Å². The van der Waals surface area contributed by atoms with Crippen LogP contribution in [0.25, 0.3) is 28.2 Å². The van der Waals surface area contributed by atoms with Crippen molar-refractivity contribution in [3.8, 4) is 28.4 Å². The minimum Gasteiger partial charge on any atom is -0.478 e. The van der Waals surface area contributed by atoms with Crippen molar-refractivity contribution in [2.75, 3.05) is 26.1 Å². The Kier molecular flexibility index (Phi) is 4.85. The summed E-state index contributed by atoms with van der Waals surface area (Å²) in [6.45, 7) is 0. The van der Waals surface area contributed by atoms with Crippen LogP contribution in [0.1, 0.15) is 5.56 Å². The van der Waals surface area contributed by atoms with E-state index in [0.29, 0.717) is 16.9 Å². The number of benzene rings is 2. The van der Waals surface area contributed by atoms with E-state index in [1.165, 1.54) is 13.2 Å². The second kappa shape index (κ2) is 7.37. The molecule has 0 unspecified atom stereocenters. The Morgan fingerprint density at radius 1 is 1.00 bits per heavy atom. The van der Waals surface area contributed by atoms with Crippen LogP contribution in [0.2, 0.25) is 0 Å². The summed E-state index contributed by atoms with van der Waals surface area (Å²) in [5.41, 5.74) is 3.20. The van der Waals surface area contributed by atoms with Crippen LogP contribution in [0.5, 0.6) is 5.88 Å². The maximum absolute atomic E-state index is 13.1. The molecule has 0 fully saturated rings. The van der Waals surface area contributed by atoms with Crippen LogP contribution in [0, 0.1) is 0 Å². The first-order chi connectivity index (χ1) is 14.3. The van der Waals surface area contributed by atoms with E-state index in [0.717, 1.165) is 29.1 Å². The number of alkyl halides is 3. The van der Waals surface area contributed by atoms with Gasteiger partial charge in [0.1, 0.15) is 0 Å². The Morgan fingerprint density at radius 3 is 2.37 bits per heavy atom. The van der Waals surface area contributed by atoms with E-state index in [1.54, 1.807) is 22.9 Å². The lowest BCUT2D eigenvalue weighted by Gasteiger charge is -2.13. The molecule has 2 aromatic carbocycles. The Labute approximate surface area is 171 Å². The predicted octanol–water partition coefficient (Wildman–Crippen LogP) is 5.16. The zero-order chi connectivity index (χ0) is 21.5. The number of ether oxygens (including phenoxy) is 1. The lowest BCUT2D eigenvalue weighted by Crippen LogP contribution is -2.08. The number of nitrogens with zero attached hydrogens (tertiary/aromatic N) is 4. The summed E-state index contributed by atoms with van der Waals surface area (Å²) in [6.07, 6.45) is -1.06. The van der Waals surface area contributed by atoms with Crippen LogP contribution in [0.15, 0.2) is 60.9 Å². The van der Waals surface area contributed by atoms with Gasteiger partial charge in [0, 0.05) is 37.1 Å². The molecule has 0 aliphatic carbocycles. The lowest BCUT2D eigenvalue weighted by molar-refractivity contribution is -0.137. The molecule has 2 aromatic heterocycles. The molecule has 30 heavy (non-hydrogen) atoms. The van der Waals surface area contributed by atoms with Crippen LogP contribution in [-0.2, 0) is 6.18 Å². The second-order valence-electron chi connectivity index (χ2n) is 6.99. The van der Waals surface area contributed by atoms with Gasteiger partial charge in [0.2, 0.25) is 5.65 Å². The van der Waals surface area contributed by atoms with Crippen molar-refractivity contribution in [2.45, 2.75) is 6.18 Å². The van der Waals surface area contributed by atoms with Gasteiger partial charge in [-0.2, -0.15) is 13.2 Å². The third-order valence-corrected chi connectivity index (χ3v) is 4.82. The monoisotopic (exact) mass is 412 g/mol. The minimum absolute atomic E-state index is 0.237. The molecular weight excluding hydrogens is 393 g/mol. The fourth-order valence-electron chi connectivity index (χ4n) is 3.24. The van der Waals surface area contributed by atoms with Gasteiger partial charge in [-0.3, -0.25) is 4.40 Å². The number of rotatable bonds is 4. The van der Waals surface area contributed by atoms with Gasteiger partial charge in [-0.1, -0.05) is 24.3 Å². The standard InChI is InChI=1S/C22H19F3N4O/c1-28(2)17-9-7-14(8-10-17)19-12-26-20-21(30-3)27-18(13-29(19)20)15-5-4-6-16(11-15)22(23,24)25/h4-13H,1-3H3. The van der Waals surface area contributed by atoms with Crippen LogP contribution in [0.4, 0.5) is 18.9 Å². The van der Waals surface area contributed by atoms with Crippen molar-refractivity contribution in [1.29, 1.82) is 0 Å². The third-order valence-electron chi connectivity index (χ3n) is 4.82. The lowest BCUT2D eigenvalue weighted by atomic mass is 10.1. The smallest absolute Gasteiger partial charge is 0.416 e. The summed E-state index contributed by atoms with van der Waals surface area (Å²) in [4.78, 5) is 10.8. The maximum Gasteiger partial charge on any atom is 0.416 e. The summed E-state index contributed by atoms with van der Waals surface area (Å²) in [7, 11) is 5.38. The van der Waals surface area contributed by atoms with Crippen molar-refractivity contribution in [3.63, 3.8) is 0 Å². The average Bonchev–Trinajstić information content (AvgIpc) is 3.16. The number of fused-ring (bicyclic) bond motifs is 1. The summed E-state index contributed by atoms with van der Waals surface area (Å²) < 4.78 is 46.6. The van der Waals surface area contributed by atoms with E-state index in [9.17, 15) is 13.2 Å². The SMILES string of the molecule is COc1nc(-c2cccc(C(F)(F)F)c2)cn2c(-c3ccc(N(C)C)cc3)cnc12. The summed E-state index contributed by atoms with van der Waals surface area (Å²) in [5.74, 6) is 0.237. The van der Waals surface area contributed by atoms with Gasteiger partial charge in [0.05, 0.1) is 30.3 Å². The highest BCUT2D eigenvalue weighted by atomic mass is 19.4. The molecule has 0 radical (unpaired) electrons. The largest absolute Gasteiger partial charge is 0.478 e. The molecule has 0 aliphatic rings. The van der Waals surface area contributed by atoms with E-state index in [-0.39, 0.29) is 5.88 Å². The van der Waals surface area contributed by atoms with E-state index in [4.69, 9.17) is 4.74 Å². The number of hydrogen-bond acceptors (Lipinski definition) is 4. The van der Waals surface area contributed by atoms with Crippen molar-refractivity contribution < 1.29 is 17.9 Å².